The predicted molar refractivity (Wildman–Crippen MR) is 83.4 cm³/mol. The quantitative estimate of drug-likeness (QED) is 0.854. The monoisotopic (exact) mass is 345 g/mol. The number of rotatable bonds is 3. The summed E-state index contributed by atoms with van der Waals surface area (Å²) >= 11 is 0. The maximum atomic E-state index is 13.1. The molecule has 2 aromatic carbocycles. The Kier molecular flexibility index (Phi) is 6.18. The molecule has 0 saturated carbocycles. The van der Waals surface area contributed by atoms with Crippen LogP contribution in [-0.2, 0) is 17.5 Å². The van der Waals surface area contributed by atoms with Gasteiger partial charge in [-0.1, -0.05) is 30.3 Å². The molecule has 0 radical (unpaired) electrons. The molecule has 0 aromatic heterocycles. The molecule has 0 spiro atoms. The van der Waals surface area contributed by atoms with Gasteiger partial charge in [0.25, 0.3) is 0 Å². The van der Waals surface area contributed by atoms with E-state index in [4.69, 9.17) is 5.73 Å². The molecule has 2 N–H and O–H groups in total. The highest BCUT2D eigenvalue weighted by atomic mass is 35.5. The number of hydrogen-bond donors (Lipinski definition) is 1. The second-order valence-corrected chi connectivity index (χ2v) is 4.65. The zero-order valence-corrected chi connectivity index (χ0v) is 13.0. The minimum Gasteiger partial charge on any atom is -0.465 e. The van der Waals surface area contributed by atoms with Crippen molar-refractivity contribution in [3.63, 3.8) is 0 Å². The van der Waals surface area contributed by atoms with Gasteiger partial charge >= 0.3 is 12.1 Å². The van der Waals surface area contributed by atoms with Gasteiger partial charge in [-0.3, -0.25) is 0 Å². The molecule has 0 fully saturated rings. The molecule has 0 bridgehead atoms. The van der Waals surface area contributed by atoms with Crippen molar-refractivity contribution in [2.75, 3.05) is 7.11 Å². The van der Waals surface area contributed by atoms with Crippen LogP contribution in [0.1, 0.15) is 21.5 Å². The van der Waals surface area contributed by atoms with Crippen molar-refractivity contribution in [1.29, 1.82) is 0 Å². The zero-order valence-electron chi connectivity index (χ0n) is 12.2. The van der Waals surface area contributed by atoms with E-state index in [9.17, 15) is 18.0 Å². The molecule has 3 nitrogen and oxygen atoms in total. The number of halogens is 4. The van der Waals surface area contributed by atoms with Crippen LogP contribution in [0.25, 0.3) is 11.1 Å². The van der Waals surface area contributed by atoms with E-state index in [1.54, 1.807) is 24.3 Å². The summed E-state index contributed by atoms with van der Waals surface area (Å²) in [4.78, 5) is 11.5. The van der Waals surface area contributed by atoms with E-state index < -0.39 is 23.3 Å². The summed E-state index contributed by atoms with van der Waals surface area (Å²) in [5, 5.41) is 0. The summed E-state index contributed by atoms with van der Waals surface area (Å²) in [5.74, 6) is -1.02. The van der Waals surface area contributed by atoms with Crippen molar-refractivity contribution in [2.24, 2.45) is 5.73 Å². The van der Waals surface area contributed by atoms with Crippen molar-refractivity contribution in [3.05, 3.63) is 59.2 Å². The van der Waals surface area contributed by atoms with Crippen molar-refractivity contribution >= 4 is 18.4 Å². The second-order valence-electron chi connectivity index (χ2n) is 4.65. The molecule has 0 amide bonds. The third-order valence-electron chi connectivity index (χ3n) is 3.25. The fourth-order valence-electron chi connectivity index (χ4n) is 2.08. The molecule has 0 atom stereocenters. The molecule has 0 aliphatic rings. The van der Waals surface area contributed by atoms with Gasteiger partial charge in [0.15, 0.2) is 0 Å². The lowest BCUT2D eigenvalue weighted by atomic mass is 9.98. The van der Waals surface area contributed by atoms with E-state index in [1.807, 2.05) is 0 Å². The minimum atomic E-state index is -4.64. The van der Waals surface area contributed by atoms with Crippen LogP contribution >= 0.6 is 12.4 Å². The van der Waals surface area contributed by atoms with Crippen LogP contribution in [0.15, 0.2) is 42.5 Å². The molecule has 0 aliphatic carbocycles. The lowest BCUT2D eigenvalue weighted by Crippen LogP contribution is -2.14. The third-order valence-corrected chi connectivity index (χ3v) is 3.25. The van der Waals surface area contributed by atoms with Crippen molar-refractivity contribution in [1.82, 2.24) is 0 Å². The number of benzene rings is 2. The lowest BCUT2D eigenvalue weighted by Gasteiger charge is -2.13. The summed E-state index contributed by atoms with van der Waals surface area (Å²) in [6.07, 6.45) is -4.64. The molecule has 0 saturated heterocycles. The van der Waals surface area contributed by atoms with Crippen LogP contribution in [0.4, 0.5) is 13.2 Å². The average molecular weight is 346 g/mol. The fraction of sp³-hybridized carbons (Fsp3) is 0.188. The average Bonchev–Trinajstić information content (AvgIpc) is 2.53. The predicted octanol–water partition coefficient (Wildman–Crippen LogP) is 4.04. The molecule has 0 unspecified atom stereocenters. The highest BCUT2D eigenvalue weighted by molar-refractivity contribution is 5.92. The Morgan fingerprint density at radius 1 is 1.09 bits per heavy atom. The molecule has 23 heavy (non-hydrogen) atoms. The number of carbonyl (C=O) groups excluding carboxylic acids is 1. The Morgan fingerprint density at radius 3 is 2.13 bits per heavy atom. The second kappa shape index (κ2) is 7.48. The summed E-state index contributed by atoms with van der Waals surface area (Å²) < 4.78 is 43.8. The minimum absolute atomic E-state index is 0. The molecule has 2 rings (SSSR count). The largest absolute Gasteiger partial charge is 0.465 e. The van der Waals surface area contributed by atoms with E-state index in [-0.39, 0.29) is 12.4 Å². The summed E-state index contributed by atoms with van der Waals surface area (Å²) in [6, 6.07) is 10.4. The normalized spacial score (nSPS) is 10.8. The van der Waals surface area contributed by atoms with Gasteiger partial charge < -0.3 is 10.5 Å². The number of methoxy groups -OCH3 is 1. The maximum absolute atomic E-state index is 13.1. The van der Waals surface area contributed by atoms with Gasteiger partial charge in [0.1, 0.15) is 0 Å². The van der Waals surface area contributed by atoms with Gasteiger partial charge in [-0.2, -0.15) is 13.2 Å². The first-order valence-electron chi connectivity index (χ1n) is 6.45. The van der Waals surface area contributed by atoms with Crippen LogP contribution in [0, 0.1) is 0 Å². The van der Waals surface area contributed by atoms with Gasteiger partial charge in [-0.15, -0.1) is 12.4 Å². The maximum Gasteiger partial charge on any atom is 0.417 e. The van der Waals surface area contributed by atoms with Crippen LogP contribution in [0.2, 0.25) is 0 Å². The third kappa shape index (κ3) is 4.24. The number of ether oxygens (including phenoxy) is 1. The highest BCUT2D eigenvalue weighted by Gasteiger charge is 2.35. The van der Waals surface area contributed by atoms with Gasteiger partial charge in [-0.05, 0) is 28.8 Å². The molecular weight excluding hydrogens is 331 g/mol. The van der Waals surface area contributed by atoms with Crippen LogP contribution in [0.5, 0.6) is 0 Å². The number of carbonyl (C=O) groups is 1. The van der Waals surface area contributed by atoms with Gasteiger partial charge in [-0.25, -0.2) is 4.79 Å². The molecule has 0 heterocycles. The molecule has 2 aromatic rings. The van der Waals surface area contributed by atoms with Crippen LogP contribution in [0.3, 0.4) is 0 Å². The Balaban J connectivity index is 0.00000264. The Bertz CT molecular complexity index is 685. The first kappa shape index (κ1) is 19.0. The first-order valence-corrected chi connectivity index (χ1v) is 6.45. The van der Waals surface area contributed by atoms with E-state index in [2.05, 4.69) is 4.74 Å². The van der Waals surface area contributed by atoms with Crippen molar-refractivity contribution in [2.45, 2.75) is 12.7 Å². The first-order chi connectivity index (χ1) is 10.4. The van der Waals surface area contributed by atoms with Crippen molar-refractivity contribution < 1.29 is 22.7 Å². The Hall–Kier alpha value is -2.05. The van der Waals surface area contributed by atoms with Gasteiger partial charge in [0, 0.05) is 6.54 Å². The van der Waals surface area contributed by atoms with Gasteiger partial charge in [0.2, 0.25) is 0 Å². The van der Waals surface area contributed by atoms with Crippen LogP contribution in [-0.4, -0.2) is 13.1 Å². The van der Waals surface area contributed by atoms with E-state index in [1.165, 1.54) is 6.07 Å². The molecular formula is C16H15ClF3NO2. The highest BCUT2D eigenvalue weighted by Crippen LogP contribution is 2.35. The number of nitrogens with two attached hydrogens (primary N) is 1. The van der Waals surface area contributed by atoms with Crippen molar-refractivity contribution in [3.8, 4) is 11.1 Å². The molecule has 124 valence electrons. The Morgan fingerprint density at radius 2 is 1.65 bits per heavy atom. The lowest BCUT2D eigenvalue weighted by molar-refractivity contribution is -0.138. The van der Waals surface area contributed by atoms with Crippen LogP contribution < -0.4 is 5.73 Å². The summed E-state index contributed by atoms with van der Waals surface area (Å²) in [7, 11) is 1.04. The Labute approximate surface area is 137 Å². The molecule has 7 heteroatoms. The zero-order chi connectivity index (χ0) is 16.3. The summed E-state index contributed by atoms with van der Waals surface area (Å²) in [5.41, 5.74) is 5.83. The number of esters is 1. The van der Waals surface area contributed by atoms with E-state index >= 15 is 0 Å². The van der Waals surface area contributed by atoms with Gasteiger partial charge in [0.05, 0.1) is 18.2 Å². The summed E-state index contributed by atoms with van der Waals surface area (Å²) in [6.45, 7) is 0.357. The SMILES string of the molecule is COC(=O)c1ccc(-c2ccc(CN)cc2)cc1C(F)(F)F.Cl. The van der Waals surface area contributed by atoms with E-state index in [0.29, 0.717) is 17.7 Å². The molecule has 0 aliphatic heterocycles. The van der Waals surface area contributed by atoms with E-state index in [0.717, 1.165) is 24.8 Å². The number of hydrogen-bond acceptors (Lipinski definition) is 3. The fourth-order valence-corrected chi connectivity index (χ4v) is 2.08. The smallest absolute Gasteiger partial charge is 0.417 e. The topological polar surface area (TPSA) is 52.3 Å². The number of alkyl halides is 3. The standard InChI is InChI=1S/C16H14F3NO2.ClH/c1-22-15(21)13-7-6-12(8-14(13)16(17,18)19)11-4-2-10(9-20)3-5-11;/h2-8H,9,20H2,1H3;1H.